The van der Waals surface area contributed by atoms with Gasteiger partial charge in [0, 0.05) is 22.2 Å². The number of non-ortho nitro benzene ring substituents is 1. The van der Waals surface area contributed by atoms with E-state index >= 15 is 0 Å². The van der Waals surface area contributed by atoms with Crippen LogP contribution in [0.15, 0.2) is 71.8 Å². The van der Waals surface area contributed by atoms with Gasteiger partial charge in [-0.25, -0.2) is 4.98 Å². The van der Waals surface area contributed by atoms with E-state index in [2.05, 4.69) is 10.1 Å². The van der Waals surface area contributed by atoms with Crippen LogP contribution >= 0.6 is 34.3 Å². The number of hydrazone groups is 1. The van der Waals surface area contributed by atoms with E-state index < -0.39 is 10.8 Å². The Morgan fingerprint density at radius 3 is 2.59 bits per heavy atom. The van der Waals surface area contributed by atoms with Gasteiger partial charge in [0.25, 0.3) is 11.6 Å². The van der Waals surface area contributed by atoms with Crippen LogP contribution in [0, 0.1) is 17.0 Å². The molecule has 7 nitrogen and oxygen atoms in total. The van der Waals surface area contributed by atoms with Crippen LogP contribution in [0.4, 0.5) is 10.8 Å². The highest BCUT2D eigenvalue weighted by molar-refractivity contribution is 7.23. The Labute approximate surface area is 206 Å². The molecule has 0 saturated heterocycles. The third-order valence-corrected chi connectivity index (χ3v) is 7.72. The molecule has 0 radical (unpaired) electrons. The first-order chi connectivity index (χ1) is 16.4. The summed E-state index contributed by atoms with van der Waals surface area (Å²) in [7, 11) is 0. The number of thiophene rings is 1. The monoisotopic (exact) mass is 506 g/mol. The molecule has 2 aromatic heterocycles. The predicted octanol–water partition coefficient (Wildman–Crippen LogP) is 7.06. The maximum absolute atomic E-state index is 13.7. The highest BCUT2D eigenvalue weighted by atomic mass is 35.5. The first kappa shape index (κ1) is 22.1. The number of nitro groups is 1. The zero-order valence-electron chi connectivity index (χ0n) is 17.6. The van der Waals surface area contributed by atoms with Crippen molar-refractivity contribution in [1.29, 1.82) is 0 Å². The van der Waals surface area contributed by atoms with Crippen LogP contribution in [-0.4, -0.2) is 22.0 Å². The van der Waals surface area contributed by atoms with Crippen molar-refractivity contribution in [3.05, 3.63) is 97.9 Å². The molecule has 0 unspecified atom stereocenters. The van der Waals surface area contributed by atoms with Crippen LogP contribution in [0.25, 0.3) is 20.3 Å². The second-order valence-electron chi connectivity index (χ2n) is 7.42. The van der Waals surface area contributed by atoms with Gasteiger partial charge in [-0.15, -0.1) is 11.3 Å². The highest BCUT2D eigenvalue weighted by Crippen LogP contribution is 2.38. The number of fused-ring (bicyclic) bond motifs is 2. The van der Waals surface area contributed by atoms with Gasteiger partial charge in [-0.2, -0.15) is 10.1 Å². The van der Waals surface area contributed by atoms with Crippen molar-refractivity contribution < 1.29 is 9.72 Å². The lowest BCUT2D eigenvalue weighted by atomic mass is 10.2. The third-order valence-electron chi connectivity index (χ3n) is 5.06. The Morgan fingerprint density at radius 2 is 1.85 bits per heavy atom. The molecule has 0 N–H and O–H groups in total. The minimum Gasteiger partial charge on any atom is -0.266 e. The van der Waals surface area contributed by atoms with E-state index in [4.69, 9.17) is 11.6 Å². The fourth-order valence-electron chi connectivity index (χ4n) is 3.35. The van der Waals surface area contributed by atoms with E-state index in [9.17, 15) is 14.9 Å². The Morgan fingerprint density at radius 1 is 1.09 bits per heavy atom. The lowest BCUT2D eigenvalue weighted by Crippen LogP contribution is -2.25. The number of carbonyl (C=O) groups is 1. The smallest absolute Gasteiger partial charge is 0.266 e. The number of halogens is 1. The number of carbonyl (C=O) groups excluding carboxylic acids is 1. The number of anilines is 1. The average molecular weight is 507 g/mol. The Kier molecular flexibility index (Phi) is 5.82. The van der Waals surface area contributed by atoms with E-state index in [0.717, 1.165) is 25.9 Å². The van der Waals surface area contributed by atoms with Crippen LogP contribution in [0.1, 0.15) is 20.8 Å². The number of benzene rings is 3. The summed E-state index contributed by atoms with van der Waals surface area (Å²) in [6.45, 7) is 1.99. The molecule has 0 aliphatic heterocycles. The molecule has 0 saturated carbocycles. The normalized spacial score (nSPS) is 11.5. The second kappa shape index (κ2) is 8.94. The summed E-state index contributed by atoms with van der Waals surface area (Å²) in [4.78, 5) is 29.1. The summed E-state index contributed by atoms with van der Waals surface area (Å²) in [5.41, 5.74) is 2.42. The van der Waals surface area contributed by atoms with Gasteiger partial charge in [-0.05, 0) is 48.4 Å². The van der Waals surface area contributed by atoms with E-state index in [0.29, 0.717) is 20.6 Å². The molecule has 0 spiro atoms. The minimum absolute atomic E-state index is 0.0244. The zero-order chi connectivity index (χ0) is 23.8. The predicted molar refractivity (Wildman–Crippen MR) is 139 cm³/mol. The van der Waals surface area contributed by atoms with Crippen LogP contribution < -0.4 is 5.01 Å². The summed E-state index contributed by atoms with van der Waals surface area (Å²) >= 11 is 9.22. The number of hydrogen-bond acceptors (Lipinski definition) is 7. The third kappa shape index (κ3) is 4.16. The molecule has 0 aliphatic carbocycles. The zero-order valence-corrected chi connectivity index (χ0v) is 20.0. The number of thiazole rings is 1. The Bertz CT molecular complexity index is 1590. The summed E-state index contributed by atoms with van der Waals surface area (Å²) < 4.78 is 1.83. The second-order valence-corrected chi connectivity index (χ2v) is 9.86. The lowest BCUT2D eigenvalue weighted by molar-refractivity contribution is -0.384. The molecule has 168 valence electrons. The summed E-state index contributed by atoms with van der Waals surface area (Å²) in [6, 6.07) is 19.3. The van der Waals surface area contributed by atoms with Gasteiger partial charge < -0.3 is 0 Å². The average Bonchev–Trinajstić information content (AvgIpc) is 3.40. The van der Waals surface area contributed by atoms with Crippen molar-refractivity contribution in [3.63, 3.8) is 0 Å². The van der Waals surface area contributed by atoms with Crippen LogP contribution in [-0.2, 0) is 0 Å². The van der Waals surface area contributed by atoms with Crippen molar-refractivity contribution in [1.82, 2.24) is 4.98 Å². The SMILES string of the molecule is Cc1ccc2nc(N(/N=C/c3ccc([N+](=O)[O-])cc3)C(=O)c3sc4ccccc4c3Cl)sc2c1. The lowest BCUT2D eigenvalue weighted by Gasteiger charge is -2.13. The highest BCUT2D eigenvalue weighted by Gasteiger charge is 2.26. The van der Waals surface area contributed by atoms with Crippen LogP contribution in [0.5, 0.6) is 0 Å². The van der Waals surface area contributed by atoms with Crippen molar-refractivity contribution in [3.8, 4) is 0 Å². The largest absolute Gasteiger partial charge is 0.292 e. The maximum atomic E-state index is 13.7. The van der Waals surface area contributed by atoms with Crippen LogP contribution in [0.2, 0.25) is 5.02 Å². The van der Waals surface area contributed by atoms with E-state index in [-0.39, 0.29) is 5.69 Å². The number of hydrogen-bond donors (Lipinski definition) is 0. The van der Waals surface area contributed by atoms with E-state index in [1.165, 1.54) is 46.0 Å². The number of rotatable bonds is 5. The summed E-state index contributed by atoms with van der Waals surface area (Å²) in [5, 5.41) is 18.2. The molecule has 34 heavy (non-hydrogen) atoms. The van der Waals surface area contributed by atoms with Crippen molar-refractivity contribution in [2.24, 2.45) is 5.10 Å². The number of amides is 1. The van der Waals surface area contributed by atoms with Crippen molar-refractivity contribution in [2.75, 3.05) is 5.01 Å². The molecule has 5 aromatic rings. The minimum atomic E-state index is -0.469. The van der Waals surface area contributed by atoms with Gasteiger partial charge in [0.15, 0.2) is 0 Å². The molecule has 0 aliphatic rings. The maximum Gasteiger partial charge on any atom is 0.292 e. The molecular formula is C24H15ClN4O3S2. The van der Waals surface area contributed by atoms with Gasteiger partial charge in [0.1, 0.15) is 4.88 Å². The fourth-order valence-corrected chi connectivity index (χ4v) is 5.81. The number of aromatic nitrogens is 1. The topological polar surface area (TPSA) is 88.7 Å². The molecule has 0 bridgehead atoms. The Hall–Kier alpha value is -3.66. The first-order valence-corrected chi connectivity index (χ1v) is 12.1. The van der Waals surface area contributed by atoms with Crippen LogP contribution in [0.3, 0.4) is 0 Å². The number of nitro benzene ring substituents is 1. The molecular weight excluding hydrogens is 492 g/mol. The van der Waals surface area contributed by atoms with E-state index in [1.807, 2.05) is 49.4 Å². The molecule has 1 amide bonds. The molecule has 0 fully saturated rings. The Balaban J connectivity index is 1.58. The molecule has 3 aromatic carbocycles. The van der Waals surface area contributed by atoms with Gasteiger partial charge in [-0.3, -0.25) is 14.9 Å². The first-order valence-electron chi connectivity index (χ1n) is 10.1. The summed E-state index contributed by atoms with van der Waals surface area (Å²) in [6.07, 6.45) is 1.47. The van der Waals surface area contributed by atoms with Crippen molar-refractivity contribution in [2.45, 2.75) is 6.92 Å². The van der Waals surface area contributed by atoms with Crippen molar-refractivity contribution >= 4 is 77.5 Å². The standard InChI is InChI=1S/C24H15ClN4O3S2/c1-14-6-11-18-20(12-14)34-24(27-18)28(26-13-15-7-9-16(10-8-15)29(31)32)23(30)22-21(25)17-4-2-3-5-19(17)33-22/h2-13H,1H3/b26-13+. The molecule has 5 rings (SSSR count). The van der Waals surface area contributed by atoms with Gasteiger partial charge >= 0.3 is 0 Å². The van der Waals surface area contributed by atoms with E-state index in [1.54, 1.807) is 12.1 Å². The van der Waals surface area contributed by atoms with Gasteiger partial charge in [0.05, 0.1) is 26.4 Å². The molecule has 0 atom stereocenters. The summed E-state index contributed by atoms with van der Waals surface area (Å²) in [5.74, 6) is -0.403. The van der Waals surface area contributed by atoms with Gasteiger partial charge in [0.2, 0.25) is 5.13 Å². The molecule has 2 heterocycles. The number of nitrogens with zero attached hydrogens (tertiary/aromatic N) is 4. The fraction of sp³-hybridized carbons (Fsp3) is 0.0417. The molecule has 10 heteroatoms. The quantitative estimate of drug-likeness (QED) is 0.145. The number of aryl methyl sites for hydroxylation is 1. The van der Waals surface area contributed by atoms with Gasteiger partial charge in [-0.1, -0.05) is 47.2 Å².